The van der Waals surface area contributed by atoms with E-state index in [4.69, 9.17) is 9.47 Å². The van der Waals surface area contributed by atoms with Crippen molar-refractivity contribution in [3.63, 3.8) is 0 Å². The lowest BCUT2D eigenvalue weighted by molar-refractivity contribution is -0.128. The van der Waals surface area contributed by atoms with Crippen LogP contribution < -0.4 is 19.8 Å². The van der Waals surface area contributed by atoms with E-state index in [0.717, 1.165) is 22.6 Å². The zero-order valence-corrected chi connectivity index (χ0v) is 23.0. The van der Waals surface area contributed by atoms with Gasteiger partial charge in [0.25, 0.3) is 0 Å². The SMILES string of the molecule is Cc1cc([Si](C)(C)c2ccc(OCC(=O)C(C)(C)C)c(C)c2)ccc1OCC(=O)C(C)(C)C. The number of hydrogen-bond acceptors (Lipinski definition) is 4. The lowest BCUT2D eigenvalue weighted by Crippen LogP contribution is -2.53. The smallest absolute Gasteiger partial charge is 0.175 e. The number of Topliss-reactive ketones (excluding diaryl/α,β-unsaturated/α-hetero) is 2. The molecule has 0 heterocycles. The number of hydrogen-bond donors (Lipinski definition) is 0. The molecular formula is C28H40O4Si. The van der Waals surface area contributed by atoms with Crippen molar-refractivity contribution < 1.29 is 19.1 Å². The number of ether oxygens (including phenoxy) is 2. The summed E-state index contributed by atoms with van der Waals surface area (Å²) in [6, 6.07) is 12.6. The first-order valence-corrected chi connectivity index (χ1v) is 14.6. The van der Waals surface area contributed by atoms with E-state index in [0.29, 0.717) is 0 Å². The molecule has 0 aromatic heterocycles. The van der Waals surface area contributed by atoms with Crippen LogP contribution in [0.3, 0.4) is 0 Å². The largest absolute Gasteiger partial charge is 0.486 e. The summed E-state index contributed by atoms with van der Waals surface area (Å²) in [5, 5.41) is 2.59. The van der Waals surface area contributed by atoms with E-state index in [9.17, 15) is 9.59 Å². The first kappa shape index (κ1) is 26.8. The van der Waals surface area contributed by atoms with Gasteiger partial charge in [0.05, 0.1) is 0 Å². The van der Waals surface area contributed by atoms with E-state index >= 15 is 0 Å². The van der Waals surface area contributed by atoms with Gasteiger partial charge in [-0.25, -0.2) is 0 Å². The molecular weight excluding hydrogens is 428 g/mol. The lowest BCUT2D eigenvalue weighted by Gasteiger charge is -2.26. The molecule has 2 aromatic carbocycles. The van der Waals surface area contributed by atoms with Crippen molar-refractivity contribution in [1.82, 2.24) is 0 Å². The Morgan fingerprint density at radius 2 is 1.03 bits per heavy atom. The third-order valence-corrected chi connectivity index (χ3v) is 9.69. The molecule has 2 rings (SSSR count). The first-order valence-electron chi connectivity index (χ1n) is 11.6. The van der Waals surface area contributed by atoms with Crippen molar-refractivity contribution in [1.29, 1.82) is 0 Å². The molecule has 0 N–H and O–H groups in total. The van der Waals surface area contributed by atoms with E-state index in [2.05, 4.69) is 37.4 Å². The van der Waals surface area contributed by atoms with E-state index in [1.54, 1.807) is 0 Å². The van der Waals surface area contributed by atoms with Crippen LogP contribution in [0.25, 0.3) is 0 Å². The topological polar surface area (TPSA) is 52.6 Å². The van der Waals surface area contributed by atoms with Gasteiger partial charge in [0.1, 0.15) is 32.8 Å². The maximum absolute atomic E-state index is 12.2. The Labute approximate surface area is 200 Å². The quantitative estimate of drug-likeness (QED) is 0.505. The summed E-state index contributed by atoms with van der Waals surface area (Å²) >= 11 is 0. The highest BCUT2D eigenvalue weighted by molar-refractivity contribution is 7.00. The van der Waals surface area contributed by atoms with Gasteiger partial charge in [0.15, 0.2) is 11.6 Å². The molecule has 0 aliphatic carbocycles. The van der Waals surface area contributed by atoms with E-state index in [1.807, 2.05) is 67.5 Å². The summed E-state index contributed by atoms with van der Waals surface area (Å²) < 4.78 is 11.7. The predicted octanol–water partition coefficient (Wildman–Crippen LogP) is 5.11. The number of ketones is 2. The van der Waals surface area contributed by atoms with Crippen LogP contribution in [-0.2, 0) is 9.59 Å². The van der Waals surface area contributed by atoms with Crippen molar-refractivity contribution >= 4 is 30.0 Å². The monoisotopic (exact) mass is 468 g/mol. The Bertz CT molecular complexity index is 942. The van der Waals surface area contributed by atoms with Crippen LogP contribution in [-0.4, -0.2) is 32.9 Å². The zero-order chi connectivity index (χ0) is 25.2. The molecule has 0 aliphatic rings. The van der Waals surface area contributed by atoms with Crippen LogP contribution in [0.4, 0.5) is 0 Å². The second-order valence-electron chi connectivity index (χ2n) is 11.5. The summed E-state index contributed by atoms with van der Waals surface area (Å²) in [4.78, 5) is 24.4. The highest BCUT2D eigenvalue weighted by atomic mass is 28.3. The van der Waals surface area contributed by atoms with E-state index in [1.165, 1.54) is 10.4 Å². The molecule has 0 atom stereocenters. The van der Waals surface area contributed by atoms with Crippen LogP contribution in [0.2, 0.25) is 13.1 Å². The molecule has 0 spiro atoms. The number of carbonyl (C=O) groups excluding carboxylic acids is 2. The molecule has 0 saturated heterocycles. The maximum Gasteiger partial charge on any atom is 0.175 e. The van der Waals surface area contributed by atoms with Gasteiger partial charge in [-0.2, -0.15) is 0 Å². The van der Waals surface area contributed by atoms with Crippen LogP contribution in [0.15, 0.2) is 36.4 Å². The maximum atomic E-state index is 12.2. The molecule has 0 unspecified atom stereocenters. The fourth-order valence-corrected chi connectivity index (χ4v) is 5.77. The fraction of sp³-hybridized carbons (Fsp3) is 0.500. The minimum Gasteiger partial charge on any atom is -0.486 e. The van der Waals surface area contributed by atoms with Gasteiger partial charge < -0.3 is 9.47 Å². The minimum atomic E-state index is -1.96. The van der Waals surface area contributed by atoms with Crippen molar-refractivity contribution in [3.05, 3.63) is 47.5 Å². The van der Waals surface area contributed by atoms with Gasteiger partial charge in [-0.3, -0.25) is 9.59 Å². The van der Waals surface area contributed by atoms with Crippen molar-refractivity contribution in [2.24, 2.45) is 10.8 Å². The number of carbonyl (C=O) groups is 2. The second-order valence-corrected chi connectivity index (χ2v) is 15.9. The van der Waals surface area contributed by atoms with Gasteiger partial charge >= 0.3 is 0 Å². The zero-order valence-electron chi connectivity index (χ0n) is 22.0. The average molecular weight is 469 g/mol. The third kappa shape index (κ3) is 6.79. The molecule has 33 heavy (non-hydrogen) atoms. The Morgan fingerprint density at radius 1 is 0.697 bits per heavy atom. The summed E-state index contributed by atoms with van der Waals surface area (Å²) in [6.45, 7) is 20.3. The molecule has 0 radical (unpaired) electrons. The average Bonchev–Trinajstić information content (AvgIpc) is 2.69. The van der Waals surface area contributed by atoms with Crippen LogP contribution in [0, 0.1) is 24.7 Å². The Morgan fingerprint density at radius 3 is 1.30 bits per heavy atom. The Balaban J connectivity index is 2.18. The Kier molecular flexibility index (Phi) is 8.00. The summed E-state index contributed by atoms with van der Waals surface area (Å²) in [5.74, 6) is 1.68. The molecule has 0 aliphatic heterocycles. The van der Waals surface area contributed by atoms with Crippen LogP contribution in [0.5, 0.6) is 11.5 Å². The van der Waals surface area contributed by atoms with Gasteiger partial charge in [-0.1, -0.05) is 89.3 Å². The molecule has 180 valence electrons. The molecule has 0 amide bonds. The standard InChI is InChI=1S/C28H40O4Si/c1-19-15-21(11-13-23(19)31-17-25(29)27(3,4)5)33(9,10)22-12-14-24(20(2)16-22)32-18-26(30)28(6,7)8/h11-16H,17-18H2,1-10H3. The molecule has 5 heteroatoms. The number of benzene rings is 2. The molecule has 0 fully saturated rings. The highest BCUT2D eigenvalue weighted by Crippen LogP contribution is 2.22. The Hall–Kier alpha value is -2.40. The third-order valence-electron chi connectivity index (χ3n) is 6.18. The van der Waals surface area contributed by atoms with Gasteiger partial charge in [0, 0.05) is 10.8 Å². The van der Waals surface area contributed by atoms with Crippen molar-refractivity contribution in [3.8, 4) is 11.5 Å². The fourth-order valence-electron chi connectivity index (χ4n) is 3.29. The van der Waals surface area contributed by atoms with Gasteiger partial charge in [0.2, 0.25) is 0 Å². The van der Waals surface area contributed by atoms with Gasteiger partial charge in [-0.05, 0) is 37.1 Å². The number of rotatable bonds is 8. The molecule has 0 saturated carbocycles. The summed E-state index contributed by atoms with van der Waals surface area (Å²) in [7, 11) is -1.96. The van der Waals surface area contributed by atoms with Crippen molar-refractivity contribution in [2.75, 3.05) is 13.2 Å². The van der Waals surface area contributed by atoms with Crippen LogP contribution >= 0.6 is 0 Å². The highest BCUT2D eigenvalue weighted by Gasteiger charge is 2.28. The molecule has 2 aromatic rings. The van der Waals surface area contributed by atoms with Crippen LogP contribution in [0.1, 0.15) is 52.7 Å². The lowest BCUT2D eigenvalue weighted by atomic mass is 9.91. The first-order chi connectivity index (χ1) is 15.0. The molecule has 0 bridgehead atoms. The summed E-state index contributed by atoms with van der Waals surface area (Å²) in [6.07, 6.45) is 0. The number of aryl methyl sites for hydroxylation is 2. The van der Waals surface area contributed by atoms with E-state index in [-0.39, 0.29) is 24.8 Å². The summed E-state index contributed by atoms with van der Waals surface area (Å²) in [5.41, 5.74) is 1.26. The van der Waals surface area contributed by atoms with Gasteiger partial charge in [-0.15, -0.1) is 0 Å². The molecule has 4 nitrogen and oxygen atoms in total. The normalized spacial score (nSPS) is 12.4. The predicted molar refractivity (Wildman–Crippen MR) is 139 cm³/mol. The van der Waals surface area contributed by atoms with E-state index < -0.39 is 18.9 Å². The minimum absolute atomic E-state index is 0.0858. The second kappa shape index (κ2) is 9.84. The van der Waals surface area contributed by atoms with Crippen molar-refractivity contribution in [2.45, 2.75) is 68.5 Å².